The monoisotopic (exact) mass is 322 g/mol. The molecule has 0 aliphatic carbocycles. The van der Waals surface area contributed by atoms with Gasteiger partial charge in [-0.25, -0.2) is 0 Å². The molecule has 1 aliphatic heterocycles. The van der Waals surface area contributed by atoms with Crippen molar-refractivity contribution in [3.8, 4) is 0 Å². The van der Waals surface area contributed by atoms with Crippen LogP contribution in [0.3, 0.4) is 0 Å². The van der Waals surface area contributed by atoms with Gasteiger partial charge in [0, 0.05) is 25.7 Å². The molecule has 1 unspecified atom stereocenters. The Hall–Kier alpha value is -1.64. The highest BCUT2D eigenvalue weighted by Crippen LogP contribution is 2.19. The van der Waals surface area contributed by atoms with Crippen LogP contribution in [0.25, 0.3) is 0 Å². The lowest BCUT2D eigenvalue weighted by Gasteiger charge is -2.34. The van der Waals surface area contributed by atoms with Crippen molar-refractivity contribution >= 4 is 0 Å². The molecular formula is C22H30N2. The van der Waals surface area contributed by atoms with Gasteiger partial charge < -0.3 is 4.90 Å². The van der Waals surface area contributed by atoms with Gasteiger partial charge in [0.2, 0.25) is 0 Å². The van der Waals surface area contributed by atoms with Crippen molar-refractivity contribution in [2.24, 2.45) is 0 Å². The van der Waals surface area contributed by atoms with E-state index in [-0.39, 0.29) is 0 Å². The predicted molar refractivity (Wildman–Crippen MR) is 102 cm³/mol. The molecule has 2 nitrogen and oxygen atoms in total. The van der Waals surface area contributed by atoms with E-state index in [1.807, 2.05) is 0 Å². The lowest BCUT2D eigenvalue weighted by molar-refractivity contribution is 0.149. The second-order valence-electron chi connectivity index (χ2n) is 7.10. The molecule has 2 aromatic carbocycles. The molecule has 1 heterocycles. The van der Waals surface area contributed by atoms with Crippen molar-refractivity contribution in [1.29, 1.82) is 0 Å². The van der Waals surface area contributed by atoms with Crippen molar-refractivity contribution in [3.05, 3.63) is 71.8 Å². The predicted octanol–water partition coefficient (Wildman–Crippen LogP) is 4.56. The highest BCUT2D eigenvalue weighted by Gasteiger charge is 2.19. The van der Waals surface area contributed by atoms with Gasteiger partial charge in [0.25, 0.3) is 0 Å². The highest BCUT2D eigenvalue weighted by molar-refractivity contribution is 5.17. The van der Waals surface area contributed by atoms with Crippen LogP contribution in [-0.4, -0.2) is 36.0 Å². The molecule has 0 bridgehead atoms. The van der Waals surface area contributed by atoms with E-state index < -0.39 is 0 Å². The molecule has 2 aromatic rings. The summed E-state index contributed by atoms with van der Waals surface area (Å²) >= 11 is 0. The Balaban J connectivity index is 1.62. The summed E-state index contributed by atoms with van der Waals surface area (Å²) in [7, 11) is 2.29. The maximum absolute atomic E-state index is 2.60. The molecule has 0 spiro atoms. The zero-order valence-electron chi connectivity index (χ0n) is 14.9. The first kappa shape index (κ1) is 17.2. The lowest BCUT2D eigenvalue weighted by atomic mass is 9.99. The topological polar surface area (TPSA) is 6.48 Å². The first-order valence-electron chi connectivity index (χ1n) is 9.32. The molecule has 0 aromatic heterocycles. The zero-order chi connectivity index (χ0) is 16.6. The third-order valence-electron chi connectivity index (χ3n) is 5.20. The normalized spacial score (nSPS) is 18.8. The summed E-state index contributed by atoms with van der Waals surface area (Å²) in [6.07, 6.45) is 5.40. The number of likely N-dealkylation sites (tertiary alicyclic amines) is 1. The van der Waals surface area contributed by atoms with Gasteiger partial charge in [-0.05, 0) is 44.0 Å². The van der Waals surface area contributed by atoms with Crippen LogP contribution in [0.15, 0.2) is 60.7 Å². The fourth-order valence-corrected chi connectivity index (χ4v) is 3.74. The van der Waals surface area contributed by atoms with Crippen LogP contribution in [0.5, 0.6) is 0 Å². The van der Waals surface area contributed by atoms with Gasteiger partial charge in [-0.1, -0.05) is 67.1 Å². The lowest BCUT2D eigenvalue weighted by Crippen LogP contribution is -2.38. The molecule has 0 radical (unpaired) electrons. The molecule has 1 fully saturated rings. The fourth-order valence-electron chi connectivity index (χ4n) is 3.74. The van der Waals surface area contributed by atoms with Crippen LogP contribution in [0, 0.1) is 0 Å². The molecule has 1 saturated heterocycles. The summed E-state index contributed by atoms with van der Waals surface area (Å²) < 4.78 is 0. The molecule has 0 N–H and O–H groups in total. The minimum absolute atomic E-state index is 0.757. The van der Waals surface area contributed by atoms with Crippen molar-refractivity contribution < 1.29 is 0 Å². The average molecular weight is 322 g/mol. The summed E-state index contributed by atoms with van der Waals surface area (Å²) in [5.74, 6) is 0. The van der Waals surface area contributed by atoms with E-state index in [2.05, 4.69) is 77.5 Å². The van der Waals surface area contributed by atoms with Gasteiger partial charge in [-0.3, -0.25) is 4.90 Å². The molecule has 3 rings (SSSR count). The van der Waals surface area contributed by atoms with Crippen molar-refractivity contribution in [2.75, 3.05) is 20.1 Å². The fraction of sp³-hybridized carbons (Fsp3) is 0.455. The van der Waals surface area contributed by atoms with E-state index >= 15 is 0 Å². The van der Waals surface area contributed by atoms with Gasteiger partial charge in [-0.2, -0.15) is 0 Å². The highest BCUT2D eigenvalue weighted by atomic mass is 15.2. The standard InChI is InChI=1S/C22H30N2/c1-23-16-9-8-14-22(23)15-17-24(18-20-10-4-2-5-11-20)19-21-12-6-3-7-13-21/h2-7,10-13,22H,8-9,14-19H2,1H3. The van der Waals surface area contributed by atoms with Gasteiger partial charge in [0.1, 0.15) is 0 Å². The molecule has 0 amide bonds. The van der Waals surface area contributed by atoms with Gasteiger partial charge in [0.05, 0.1) is 0 Å². The zero-order valence-corrected chi connectivity index (χ0v) is 14.9. The summed E-state index contributed by atoms with van der Waals surface area (Å²) in [6, 6.07) is 22.5. The van der Waals surface area contributed by atoms with Crippen LogP contribution in [0.1, 0.15) is 36.8 Å². The van der Waals surface area contributed by atoms with Crippen LogP contribution in [0.2, 0.25) is 0 Å². The molecule has 1 aliphatic rings. The summed E-state index contributed by atoms with van der Waals surface area (Å²) in [4.78, 5) is 5.17. The summed E-state index contributed by atoms with van der Waals surface area (Å²) in [5.41, 5.74) is 2.82. The molecule has 1 atom stereocenters. The van der Waals surface area contributed by atoms with Crippen LogP contribution < -0.4 is 0 Å². The van der Waals surface area contributed by atoms with Crippen LogP contribution >= 0.6 is 0 Å². The van der Waals surface area contributed by atoms with Gasteiger partial charge >= 0.3 is 0 Å². The minimum atomic E-state index is 0.757. The maximum Gasteiger partial charge on any atom is 0.0237 e. The molecule has 0 saturated carbocycles. The number of hydrogen-bond acceptors (Lipinski definition) is 2. The van der Waals surface area contributed by atoms with E-state index in [1.54, 1.807) is 0 Å². The largest absolute Gasteiger partial charge is 0.303 e. The van der Waals surface area contributed by atoms with Crippen LogP contribution in [-0.2, 0) is 13.1 Å². The Kier molecular flexibility index (Phi) is 6.45. The molecule has 2 heteroatoms. The SMILES string of the molecule is CN1CCCCC1CCN(Cc1ccccc1)Cc1ccccc1. The quantitative estimate of drug-likeness (QED) is 0.737. The summed E-state index contributed by atoms with van der Waals surface area (Å²) in [6.45, 7) is 4.50. The Morgan fingerprint density at radius 3 is 2.00 bits per heavy atom. The average Bonchev–Trinajstić information content (AvgIpc) is 2.62. The smallest absolute Gasteiger partial charge is 0.0237 e. The third kappa shape index (κ3) is 5.19. The van der Waals surface area contributed by atoms with Gasteiger partial charge in [-0.15, -0.1) is 0 Å². The number of hydrogen-bond donors (Lipinski definition) is 0. The molecule has 128 valence electrons. The molecular weight excluding hydrogens is 292 g/mol. The number of rotatable bonds is 7. The van der Waals surface area contributed by atoms with Gasteiger partial charge in [0.15, 0.2) is 0 Å². The van der Waals surface area contributed by atoms with E-state index in [0.717, 1.165) is 19.1 Å². The Morgan fingerprint density at radius 1 is 0.875 bits per heavy atom. The maximum atomic E-state index is 2.60. The second kappa shape index (κ2) is 9.00. The second-order valence-corrected chi connectivity index (χ2v) is 7.10. The Labute approximate surface area is 147 Å². The number of piperidine rings is 1. The van der Waals surface area contributed by atoms with Crippen molar-refractivity contribution in [2.45, 2.75) is 44.8 Å². The molecule has 24 heavy (non-hydrogen) atoms. The third-order valence-corrected chi connectivity index (χ3v) is 5.20. The number of benzene rings is 2. The van der Waals surface area contributed by atoms with Crippen molar-refractivity contribution in [1.82, 2.24) is 9.80 Å². The summed E-state index contributed by atoms with van der Waals surface area (Å²) in [5, 5.41) is 0. The Bertz CT molecular complexity index is 540. The van der Waals surface area contributed by atoms with E-state index in [9.17, 15) is 0 Å². The number of nitrogens with zero attached hydrogens (tertiary/aromatic N) is 2. The van der Waals surface area contributed by atoms with Crippen molar-refractivity contribution in [3.63, 3.8) is 0 Å². The van der Waals surface area contributed by atoms with E-state index in [1.165, 1.54) is 49.9 Å². The van der Waals surface area contributed by atoms with Crippen LogP contribution in [0.4, 0.5) is 0 Å². The Morgan fingerprint density at radius 2 is 1.46 bits per heavy atom. The minimum Gasteiger partial charge on any atom is -0.303 e. The first-order valence-corrected chi connectivity index (χ1v) is 9.32. The van der Waals surface area contributed by atoms with E-state index in [0.29, 0.717) is 0 Å². The first-order chi connectivity index (χ1) is 11.8. The van der Waals surface area contributed by atoms with E-state index in [4.69, 9.17) is 0 Å².